The van der Waals surface area contributed by atoms with Crippen LogP contribution in [0.25, 0.3) is 22.2 Å². The molecule has 0 bridgehead atoms. The van der Waals surface area contributed by atoms with Crippen molar-refractivity contribution in [3.63, 3.8) is 0 Å². The van der Waals surface area contributed by atoms with Gasteiger partial charge in [0, 0.05) is 40.5 Å². The van der Waals surface area contributed by atoms with Crippen LogP contribution in [-0.2, 0) is 0 Å². The summed E-state index contributed by atoms with van der Waals surface area (Å²) in [4.78, 5) is 6.42. The quantitative estimate of drug-likeness (QED) is 0.383. The van der Waals surface area contributed by atoms with Crippen LogP contribution in [0.15, 0.2) is 54.7 Å². The fourth-order valence-electron chi connectivity index (χ4n) is 3.24. The number of hydrogen-bond donors (Lipinski definition) is 1. The average Bonchev–Trinajstić information content (AvgIpc) is 2.81. The van der Waals surface area contributed by atoms with E-state index in [1.807, 2.05) is 43.3 Å². The first-order chi connectivity index (χ1) is 15.9. The van der Waals surface area contributed by atoms with E-state index in [4.69, 9.17) is 21.1 Å². The van der Waals surface area contributed by atoms with E-state index in [0.29, 0.717) is 41.2 Å². The van der Waals surface area contributed by atoms with Gasteiger partial charge in [0.15, 0.2) is 0 Å². The molecule has 4 rings (SSSR count). The van der Waals surface area contributed by atoms with Gasteiger partial charge in [-0.25, -0.2) is 4.39 Å². The zero-order valence-corrected chi connectivity index (χ0v) is 19.2. The van der Waals surface area contributed by atoms with Crippen molar-refractivity contribution in [2.75, 3.05) is 39.7 Å². The van der Waals surface area contributed by atoms with E-state index in [0.717, 1.165) is 16.6 Å². The number of ether oxygens (including phenoxy) is 2. The Morgan fingerprint density at radius 1 is 1.03 bits per heavy atom. The monoisotopic (exact) mass is 467 g/mol. The molecule has 0 radical (unpaired) electrons. The molecule has 4 aromatic rings. The van der Waals surface area contributed by atoms with E-state index in [2.05, 4.69) is 20.5 Å². The highest BCUT2D eigenvalue weighted by Crippen LogP contribution is 2.34. The zero-order chi connectivity index (χ0) is 23.4. The summed E-state index contributed by atoms with van der Waals surface area (Å²) in [6.45, 7) is 1.11. The third-order valence-electron chi connectivity index (χ3n) is 4.96. The van der Waals surface area contributed by atoms with Gasteiger partial charge in [0.05, 0.1) is 18.3 Å². The Balaban J connectivity index is 1.75. The van der Waals surface area contributed by atoms with Gasteiger partial charge in [-0.15, -0.1) is 10.2 Å². The zero-order valence-electron chi connectivity index (χ0n) is 18.5. The highest BCUT2D eigenvalue weighted by atomic mass is 35.5. The third-order valence-corrected chi connectivity index (χ3v) is 5.20. The summed E-state index contributed by atoms with van der Waals surface area (Å²) in [5, 5.41) is 13.1. The first kappa shape index (κ1) is 22.7. The molecule has 1 N–H and O–H groups in total. The topological polar surface area (TPSA) is 72.4 Å². The molecule has 33 heavy (non-hydrogen) atoms. The van der Waals surface area contributed by atoms with Crippen LogP contribution in [-0.4, -0.2) is 54.4 Å². The number of aromatic nitrogens is 3. The molecule has 0 saturated heterocycles. The molecular formula is C24H23ClFN5O2. The van der Waals surface area contributed by atoms with Crippen LogP contribution in [0, 0.1) is 5.82 Å². The molecule has 170 valence electrons. The summed E-state index contributed by atoms with van der Waals surface area (Å²) in [6, 6.07) is 13.5. The fraction of sp³-hybridized carbons (Fsp3) is 0.208. The van der Waals surface area contributed by atoms with Crippen LogP contribution in [0.5, 0.6) is 11.6 Å². The van der Waals surface area contributed by atoms with Gasteiger partial charge in [-0.05, 0) is 56.6 Å². The van der Waals surface area contributed by atoms with E-state index in [1.165, 1.54) is 18.2 Å². The van der Waals surface area contributed by atoms with Crippen LogP contribution in [0.2, 0.25) is 5.02 Å². The number of halogens is 2. The highest BCUT2D eigenvalue weighted by molar-refractivity contribution is 6.30. The van der Waals surface area contributed by atoms with Crippen molar-refractivity contribution in [2.24, 2.45) is 0 Å². The van der Waals surface area contributed by atoms with Crippen LogP contribution >= 0.6 is 11.6 Å². The number of nitrogens with zero attached hydrogens (tertiary/aromatic N) is 4. The van der Waals surface area contributed by atoms with E-state index in [9.17, 15) is 4.39 Å². The molecule has 0 saturated carbocycles. The highest BCUT2D eigenvalue weighted by Gasteiger charge is 2.15. The Morgan fingerprint density at radius 3 is 2.67 bits per heavy atom. The number of pyridine rings is 1. The minimum absolute atomic E-state index is 0.252. The van der Waals surface area contributed by atoms with E-state index in [-0.39, 0.29) is 5.56 Å². The number of nitrogens with one attached hydrogen (secondary N) is 1. The van der Waals surface area contributed by atoms with Gasteiger partial charge in [0.2, 0.25) is 0 Å². The van der Waals surface area contributed by atoms with Gasteiger partial charge >= 0.3 is 0 Å². The van der Waals surface area contributed by atoms with E-state index < -0.39 is 5.82 Å². The molecular weight excluding hydrogens is 445 g/mol. The molecule has 0 aliphatic carbocycles. The molecule has 2 aromatic heterocycles. The number of methoxy groups -OCH3 is 1. The molecule has 0 aliphatic heterocycles. The van der Waals surface area contributed by atoms with Crippen molar-refractivity contribution < 1.29 is 13.9 Å². The van der Waals surface area contributed by atoms with Gasteiger partial charge in [0.1, 0.15) is 23.9 Å². The van der Waals surface area contributed by atoms with E-state index >= 15 is 0 Å². The van der Waals surface area contributed by atoms with Gasteiger partial charge in [-0.1, -0.05) is 11.6 Å². The molecule has 0 aliphatic rings. The van der Waals surface area contributed by atoms with Crippen molar-refractivity contribution in [3.8, 4) is 22.9 Å². The number of hydrogen-bond acceptors (Lipinski definition) is 7. The Morgan fingerprint density at radius 2 is 1.88 bits per heavy atom. The van der Waals surface area contributed by atoms with Crippen molar-refractivity contribution in [3.05, 3.63) is 65.6 Å². The maximum absolute atomic E-state index is 14.5. The Kier molecular flexibility index (Phi) is 6.86. The predicted molar refractivity (Wildman–Crippen MR) is 128 cm³/mol. The molecule has 0 unspecified atom stereocenters. The Labute approximate surface area is 196 Å². The number of benzene rings is 2. The number of rotatable bonds is 8. The lowest BCUT2D eigenvalue weighted by atomic mass is 10.1. The molecule has 7 nitrogen and oxygen atoms in total. The van der Waals surface area contributed by atoms with Crippen LogP contribution in [0.1, 0.15) is 0 Å². The average molecular weight is 468 g/mol. The van der Waals surface area contributed by atoms with Crippen molar-refractivity contribution in [1.29, 1.82) is 0 Å². The molecule has 0 fully saturated rings. The molecule has 0 spiro atoms. The third kappa shape index (κ3) is 5.30. The van der Waals surface area contributed by atoms with Crippen molar-refractivity contribution in [1.82, 2.24) is 20.1 Å². The minimum atomic E-state index is -0.442. The first-order valence-electron chi connectivity index (χ1n) is 10.2. The summed E-state index contributed by atoms with van der Waals surface area (Å²) in [7, 11) is 5.52. The van der Waals surface area contributed by atoms with Gasteiger partial charge in [0.25, 0.3) is 5.88 Å². The summed E-state index contributed by atoms with van der Waals surface area (Å²) >= 11 is 6.08. The first-order valence-corrected chi connectivity index (χ1v) is 10.6. The second kappa shape index (κ2) is 9.97. The predicted octanol–water partition coefficient (Wildman–Crippen LogP) is 5.18. The van der Waals surface area contributed by atoms with Gasteiger partial charge in [-0.3, -0.25) is 4.98 Å². The molecule has 9 heteroatoms. The second-order valence-electron chi connectivity index (χ2n) is 7.59. The summed E-state index contributed by atoms with van der Waals surface area (Å²) in [5.41, 5.74) is 2.67. The van der Waals surface area contributed by atoms with Crippen molar-refractivity contribution in [2.45, 2.75) is 0 Å². The normalized spacial score (nSPS) is 11.1. The lowest BCUT2D eigenvalue weighted by molar-refractivity contribution is 0.253. The second-order valence-corrected chi connectivity index (χ2v) is 8.03. The minimum Gasteiger partial charge on any atom is -0.497 e. The SMILES string of the molecule is COc1ccc2c(Nc3cc(-c4cc(Cl)ccc4F)nnc3OCCN(C)C)ccnc2c1. The summed E-state index contributed by atoms with van der Waals surface area (Å²) in [6.07, 6.45) is 1.70. The Bertz CT molecular complexity index is 1290. The lowest BCUT2D eigenvalue weighted by Gasteiger charge is -2.16. The number of anilines is 2. The summed E-state index contributed by atoms with van der Waals surface area (Å²) in [5.74, 6) is 0.577. The number of likely N-dealkylation sites (N-methyl/N-ethyl adjacent to an activating group) is 1. The van der Waals surface area contributed by atoms with Crippen LogP contribution < -0.4 is 14.8 Å². The van der Waals surface area contributed by atoms with Gasteiger partial charge < -0.3 is 19.7 Å². The smallest absolute Gasteiger partial charge is 0.257 e. The van der Waals surface area contributed by atoms with Gasteiger partial charge in [-0.2, -0.15) is 0 Å². The fourth-order valence-corrected chi connectivity index (χ4v) is 3.41. The maximum Gasteiger partial charge on any atom is 0.257 e. The molecule has 0 amide bonds. The number of fused-ring (bicyclic) bond motifs is 1. The molecule has 0 atom stereocenters. The molecule has 2 aromatic carbocycles. The maximum atomic E-state index is 14.5. The summed E-state index contributed by atoms with van der Waals surface area (Å²) < 4.78 is 25.7. The van der Waals surface area contributed by atoms with E-state index in [1.54, 1.807) is 19.4 Å². The van der Waals surface area contributed by atoms with Crippen LogP contribution in [0.4, 0.5) is 15.8 Å². The molecule has 2 heterocycles. The Hall–Kier alpha value is -3.49. The van der Waals surface area contributed by atoms with Crippen LogP contribution in [0.3, 0.4) is 0 Å². The lowest BCUT2D eigenvalue weighted by Crippen LogP contribution is -2.20. The largest absolute Gasteiger partial charge is 0.497 e. The standard InChI is InChI=1S/C24H23ClFN5O2/c1-31(2)10-11-33-24-23(14-22(29-30-24)18-12-15(25)4-7-19(18)26)28-20-8-9-27-21-13-16(32-3)5-6-17(20)21/h4-9,12-14H,10-11H2,1-3H3,(H,27,28,29). The van der Waals surface area contributed by atoms with Crippen molar-refractivity contribution >= 4 is 33.9 Å².